The van der Waals surface area contributed by atoms with Gasteiger partial charge in [-0.1, -0.05) is 127 Å². The van der Waals surface area contributed by atoms with Crippen LogP contribution in [-0.4, -0.2) is 5.78 Å². The van der Waals surface area contributed by atoms with E-state index in [9.17, 15) is 4.79 Å². The Bertz CT molecular complexity index is 970. The van der Waals surface area contributed by atoms with Gasteiger partial charge in [0.05, 0.1) is 0 Å². The first-order valence-corrected chi connectivity index (χ1v) is 16.4. The van der Waals surface area contributed by atoms with Crippen LogP contribution in [0.1, 0.15) is 146 Å². The second-order valence-corrected chi connectivity index (χ2v) is 12.7. The fraction of sp³-hybridized carbons (Fsp3) is 0.649. The third-order valence-electron chi connectivity index (χ3n) is 9.92. The topological polar surface area (TPSA) is 17.1 Å². The number of aryl methyl sites for hydroxylation is 3. The van der Waals surface area contributed by atoms with Crippen molar-refractivity contribution in [3.05, 3.63) is 70.3 Å². The second kappa shape index (κ2) is 15.6. The predicted molar refractivity (Wildman–Crippen MR) is 167 cm³/mol. The lowest BCUT2D eigenvalue weighted by molar-refractivity contribution is 0.0972. The van der Waals surface area contributed by atoms with Crippen LogP contribution in [0.25, 0.3) is 0 Å². The highest BCUT2D eigenvalue weighted by Crippen LogP contribution is 2.31. The van der Waals surface area contributed by atoms with Crippen molar-refractivity contribution >= 4 is 5.78 Å². The molecular weight excluding hydrogens is 460 g/mol. The van der Waals surface area contributed by atoms with Crippen molar-refractivity contribution in [1.82, 2.24) is 0 Å². The van der Waals surface area contributed by atoms with Crippen LogP contribution in [0.2, 0.25) is 0 Å². The van der Waals surface area contributed by atoms with Crippen LogP contribution < -0.4 is 0 Å². The lowest BCUT2D eigenvalue weighted by atomic mass is 9.80. The Morgan fingerprint density at radius 1 is 0.737 bits per heavy atom. The minimum atomic E-state index is 0. The van der Waals surface area contributed by atoms with E-state index >= 15 is 0 Å². The molecule has 1 nitrogen and oxygen atoms in total. The van der Waals surface area contributed by atoms with Gasteiger partial charge in [0.2, 0.25) is 0 Å². The zero-order valence-electron chi connectivity index (χ0n) is 24.6. The average molecular weight is 519 g/mol. The fourth-order valence-corrected chi connectivity index (χ4v) is 7.18. The van der Waals surface area contributed by atoms with Crippen molar-refractivity contribution in [2.45, 2.75) is 136 Å². The van der Waals surface area contributed by atoms with Crippen LogP contribution in [0.3, 0.4) is 0 Å². The number of hydrogen-bond acceptors (Lipinski definition) is 1. The number of fused-ring (bicyclic) bond motifs is 1. The van der Waals surface area contributed by atoms with Gasteiger partial charge in [0.1, 0.15) is 0 Å². The molecule has 1 heteroatoms. The molecule has 38 heavy (non-hydrogen) atoms. The van der Waals surface area contributed by atoms with E-state index < -0.39 is 0 Å². The highest BCUT2D eigenvalue weighted by Gasteiger charge is 2.20. The van der Waals surface area contributed by atoms with Crippen LogP contribution in [0, 0.1) is 17.8 Å². The Morgan fingerprint density at radius 2 is 1.42 bits per heavy atom. The number of hydrogen-bond donors (Lipinski definition) is 0. The van der Waals surface area contributed by atoms with E-state index in [1.54, 1.807) is 11.1 Å². The first-order valence-electron chi connectivity index (χ1n) is 16.4. The van der Waals surface area contributed by atoms with Crippen LogP contribution in [0.5, 0.6) is 0 Å². The summed E-state index contributed by atoms with van der Waals surface area (Å²) in [6.07, 6.45) is 25.1. The zero-order valence-corrected chi connectivity index (χ0v) is 24.6. The van der Waals surface area contributed by atoms with Gasteiger partial charge in [0.25, 0.3) is 0 Å². The van der Waals surface area contributed by atoms with E-state index in [4.69, 9.17) is 0 Å². The highest BCUT2D eigenvalue weighted by atomic mass is 16.1. The molecule has 0 heterocycles. The zero-order chi connectivity index (χ0) is 26.6. The molecule has 0 spiro atoms. The summed E-state index contributed by atoms with van der Waals surface area (Å²) in [4.78, 5) is 12.6. The molecule has 0 aliphatic heterocycles. The molecule has 3 aliphatic rings. The molecule has 0 N–H and O–H groups in total. The van der Waals surface area contributed by atoms with E-state index in [2.05, 4.69) is 44.2 Å². The van der Waals surface area contributed by atoms with Crippen molar-refractivity contribution in [1.29, 1.82) is 0 Å². The first kappa shape index (κ1) is 29.1. The van der Waals surface area contributed by atoms with Crippen LogP contribution in [0.15, 0.2) is 42.5 Å². The summed E-state index contributed by atoms with van der Waals surface area (Å²) < 4.78 is 0. The Kier molecular flexibility index (Phi) is 12.0. The molecule has 5 rings (SSSR count). The highest BCUT2D eigenvalue weighted by molar-refractivity contribution is 5.96. The molecule has 0 aromatic heterocycles. The normalized spacial score (nSPS) is 20.0. The van der Waals surface area contributed by atoms with Gasteiger partial charge in [0.15, 0.2) is 5.78 Å². The SMILES string of the molecule is CCC1CCCC1.CCc1ccc(C(=O)CC[C@H]2CCc3cc(CCCC4CCCCC4)ccc3C2)cc1.[HH].[HH]. The molecule has 0 bridgehead atoms. The number of benzene rings is 2. The van der Waals surface area contributed by atoms with Gasteiger partial charge in [-0.25, -0.2) is 0 Å². The van der Waals surface area contributed by atoms with E-state index in [1.807, 2.05) is 12.1 Å². The van der Waals surface area contributed by atoms with Crippen molar-refractivity contribution in [2.75, 3.05) is 0 Å². The first-order chi connectivity index (χ1) is 18.6. The van der Waals surface area contributed by atoms with E-state index in [-0.39, 0.29) is 2.85 Å². The van der Waals surface area contributed by atoms with Gasteiger partial charge in [0, 0.05) is 14.8 Å². The number of ketones is 1. The maximum Gasteiger partial charge on any atom is 0.162 e. The quantitative estimate of drug-likeness (QED) is 0.286. The summed E-state index contributed by atoms with van der Waals surface area (Å²) in [6.45, 7) is 4.45. The van der Waals surface area contributed by atoms with Gasteiger partial charge in [-0.3, -0.25) is 4.79 Å². The van der Waals surface area contributed by atoms with Crippen molar-refractivity contribution in [3.63, 3.8) is 0 Å². The summed E-state index contributed by atoms with van der Waals surface area (Å²) in [5, 5.41) is 0. The minimum Gasteiger partial charge on any atom is -0.294 e. The molecule has 2 saturated carbocycles. The smallest absolute Gasteiger partial charge is 0.162 e. The molecule has 2 aromatic carbocycles. The predicted octanol–water partition coefficient (Wildman–Crippen LogP) is 11.0. The molecule has 0 radical (unpaired) electrons. The third kappa shape index (κ3) is 9.10. The Hall–Kier alpha value is -1.89. The molecule has 2 aromatic rings. The fourth-order valence-electron chi connectivity index (χ4n) is 7.18. The Labute approximate surface area is 237 Å². The van der Waals surface area contributed by atoms with Gasteiger partial charge in [-0.2, -0.15) is 0 Å². The van der Waals surface area contributed by atoms with Crippen molar-refractivity contribution in [3.8, 4) is 0 Å². The van der Waals surface area contributed by atoms with Crippen LogP contribution >= 0.6 is 0 Å². The lowest BCUT2D eigenvalue weighted by Gasteiger charge is -2.25. The van der Waals surface area contributed by atoms with Crippen molar-refractivity contribution < 1.29 is 7.65 Å². The molecular formula is C37H58O. The van der Waals surface area contributed by atoms with Gasteiger partial charge in [-0.15, -0.1) is 0 Å². The molecule has 0 saturated heterocycles. The molecule has 212 valence electrons. The number of carbonyl (C=O) groups is 1. The maximum atomic E-state index is 12.6. The molecule has 1 atom stereocenters. The molecule has 0 unspecified atom stereocenters. The summed E-state index contributed by atoms with van der Waals surface area (Å²) in [7, 11) is 0. The molecule has 0 amide bonds. The lowest BCUT2D eigenvalue weighted by Crippen LogP contribution is -2.16. The Balaban J connectivity index is 0.000000545. The summed E-state index contributed by atoms with van der Waals surface area (Å²) in [5.41, 5.74) is 6.83. The maximum absolute atomic E-state index is 12.6. The Morgan fingerprint density at radius 3 is 2.11 bits per heavy atom. The largest absolute Gasteiger partial charge is 0.294 e. The monoisotopic (exact) mass is 518 g/mol. The van der Waals surface area contributed by atoms with Crippen LogP contribution in [-0.2, 0) is 25.7 Å². The molecule has 2 fully saturated rings. The third-order valence-corrected chi connectivity index (χ3v) is 9.92. The summed E-state index contributed by atoms with van der Waals surface area (Å²) >= 11 is 0. The van der Waals surface area contributed by atoms with Gasteiger partial charge in [-0.05, 0) is 85.0 Å². The summed E-state index contributed by atoms with van der Waals surface area (Å²) in [6, 6.07) is 15.5. The van der Waals surface area contributed by atoms with Crippen LogP contribution in [0.4, 0.5) is 0 Å². The van der Waals surface area contributed by atoms with E-state index in [1.165, 1.54) is 107 Å². The van der Waals surface area contributed by atoms with E-state index in [0.29, 0.717) is 18.1 Å². The standard InChI is InChI=1S/C30H40O.C7H14.2H2/c1-2-23-11-16-27(17-12-23)30(31)20-15-26-14-19-28-21-25(13-18-29(28)22-26)10-6-9-24-7-4-3-5-8-24;1-2-7-5-3-4-6-7;;/h11-13,16-18,21,24,26H,2-10,14-15,19-20,22H2,1H3;7H,2-6H2,1H3;2*1H/t26-;;;/m1.../s1. The van der Waals surface area contributed by atoms with E-state index in [0.717, 1.165) is 36.7 Å². The molecule has 3 aliphatic carbocycles. The number of carbonyl (C=O) groups excluding carboxylic acids is 1. The van der Waals surface area contributed by atoms with Gasteiger partial charge >= 0.3 is 0 Å². The second-order valence-electron chi connectivity index (χ2n) is 12.7. The number of rotatable bonds is 10. The average Bonchev–Trinajstić information content (AvgIpc) is 3.51. The van der Waals surface area contributed by atoms with Gasteiger partial charge < -0.3 is 0 Å². The summed E-state index contributed by atoms with van der Waals surface area (Å²) in [5.74, 6) is 3.06. The minimum absolute atomic E-state index is 0. The van der Waals surface area contributed by atoms with Crippen molar-refractivity contribution in [2.24, 2.45) is 17.8 Å². The number of Topliss-reactive ketones (excluding diaryl/α,β-unsaturated/α-hetero) is 1.